The van der Waals surface area contributed by atoms with Gasteiger partial charge in [0.25, 0.3) is 15.9 Å². The van der Waals surface area contributed by atoms with Crippen LogP contribution in [0.5, 0.6) is 17.4 Å². The summed E-state index contributed by atoms with van der Waals surface area (Å²) in [4.78, 5) is 15.3. The Morgan fingerprint density at radius 3 is 2.35 bits per heavy atom. The first-order chi connectivity index (χ1) is 27.5. The predicted molar refractivity (Wildman–Crippen MR) is 222 cm³/mol. The van der Waals surface area contributed by atoms with Crippen molar-refractivity contribution in [2.24, 2.45) is 0 Å². The van der Waals surface area contributed by atoms with Gasteiger partial charge in [0.2, 0.25) is 5.88 Å². The van der Waals surface area contributed by atoms with E-state index in [0.29, 0.717) is 42.0 Å². The van der Waals surface area contributed by atoms with Crippen LogP contribution in [0.25, 0.3) is 11.1 Å². The number of hydroxylamine groups is 2. The van der Waals surface area contributed by atoms with Crippen molar-refractivity contribution in [1.29, 1.82) is 0 Å². The molecule has 0 saturated carbocycles. The van der Waals surface area contributed by atoms with Gasteiger partial charge in [0.1, 0.15) is 25.2 Å². The van der Waals surface area contributed by atoms with Gasteiger partial charge < -0.3 is 30.6 Å². The summed E-state index contributed by atoms with van der Waals surface area (Å²) in [5, 5.41) is 33.5. The van der Waals surface area contributed by atoms with Crippen molar-refractivity contribution >= 4 is 44.6 Å². The van der Waals surface area contributed by atoms with Crippen molar-refractivity contribution in [3.63, 3.8) is 0 Å². The molecule has 0 bridgehead atoms. The molecule has 13 nitrogen and oxygen atoms in total. The largest absolute Gasteiger partial charge is 0.593 e. The average Bonchev–Trinajstić information content (AvgIpc) is 3.20. The van der Waals surface area contributed by atoms with Gasteiger partial charge in [-0.3, -0.25) is 4.79 Å². The highest BCUT2D eigenvalue weighted by Crippen LogP contribution is 2.33. The first-order valence-corrected chi connectivity index (χ1v) is 19.8. The molecule has 0 aliphatic heterocycles. The average molecular weight is 809 g/mol. The summed E-state index contributed by atoms with van der Waals surface area (Å²) in [5.74, 6) is -0.0204. The van der Waals surface area contributed by atoms with E-state index in [1.54, 1.807) is 60.8 Å². The Kier molecular flexibility index (Phi) is 13.4. The summed E-state index contributed by atoms with van der Waals surface area (Å²) < 4.78 is 40.8. The molecule has 1 heterocycles. The van der Waals surface area contributed by atoms with E-state index < -0.39 is 25.6 Å². The van der Waals surface area contributed by atoms with Crippen molar-refractivity contribution in [3.05, 3.63) is 161 Å². The highest BCUT2D eigenvalue weighted by molar-refractivity contribution is 7.90. The second-order valence-corrected chi connectivity index (χ2v) is 14.9. The Morgan fingerprint density at radius 2 is 1.60 bits per heavy atom. The van der Waals surface area contributed by atoms with Gasteiger partial charge >= 0.3 is 0 Å². The molecule has 0 saturated heterocycles. The van der Waals surface area contributed by atoms with Crippen LogP contribution >= 0.6 is 11.6 Å². The fourth-order valence-corrected chi connectivity index (χ4v) is 6.92. The molecule has 57 heavy (non-hydrogen) atoms. The van der Waals surface area contributed by atoms with Crippen LogP contribution in [-0.2, 0) is 16.6 Å². The number of sulfonamides is 1. The maximum absolute atomic E-state index is 13.6. The van der Waals surface area contributed by atoms with Crippen LogP contribution in [0.4, 0.5) is 17.1 Å². The molecule has 1 atom stereocenters. The second-order valence-electron chi connectivity index (χ2n) is 12.8. The summed E-state index contributed by atoms with van der Waals surface area (Å²) in [7, 11) is -3.61. The Labute approximate surface area is 336 Å². The number of rotatable bonds is 18. The number of aromatic nitrogens is 1. The van der Waals surface area contributed by atoms with Crippen LogP contribution in [0.15, 0.2) is 145 Å². The van der Waals surface area contributed by atoms with E-state index in [9.17, 15) is 23.6 Å². The highest BCUT2D eigenvalue weighted by atomic mass is 35.5. The number of carbonyl (C=O) groups is 1. The minimum absolute atomic E-state index is 0.0528. The zero-order valence-corrected chi connectivity index (χ0v) is 32.5. The third kappa shape index (κ3) is 11.3. The van der Waals surface area contributed by atoms with E-state index in [4.69, 9.17) is 21.1 Å². The van der Waals surface area contributed by atoms with E-state index in [1.165, 1.54) is 18.2 Å². The van der Waals surface area contributed by atoms with Crippen molar-refractivity contribution in [2.75, 3.05) is 43.9 Å². The molecule has 0 aliphatic rings. The van der Waals surface area contributed by atoms with Gasteiger partial charge in [-0.05, 0) is 71.3 Å². The summed E-state index contributed by atoms with van der Waals surface area (Å²) in [5.41, 5.74) is 3.77. The van der Waals surface area contributed by atoms with Crippen molar-refractivity contribution in [2.45, 2.75) is 11.4 Å². The zero-order chi connectivity index (χ0) is 40.3. The van der Waals surface area contributed by atoms with Crippen LogP contribution in [0.3, 0.4) is 0 Å². The van der Waals surface area contributed by atoms with Gasteiger partial charge in [0, 0.05) is 61.3 Å². The predicted octanol–water partition coefficient (Wildman–Crippen LogP) is 7.83. The molecular weight excluding hydrogens is 768 g/mol. The number of ether oxygens (including phenoxy) is 2. The number of hydrogen-bond acceptors (Lipinski definition) is 11. The summed E-state index contributed by atoms with van der Waals surface area (Å²) in [6.07, 6.45) is 1.58. The first-order valence-electron chi connectivity index (χ1n) is 17.9. The van der Waals surface area contributed by atoms with Crippen LogP contribution in [0, 0.1) is 5.21 Å². The van der Waals surface area contributed by atoms with Crippen LogP contribution in [-0.4, -0.2) is 57.8 Å². The Balaban J connectivity index is 1.12. The maximum atomic E-state index is 13.6. The number of para-hydroxylation sites is 1. The number of hydrogen-bond donors (Lipinski definition) is 5. The number of halogens is 1. The molecule has 1 amide bonds. The van der Waals surface area contributed by atoms with Crippen molar-refractivity contribution in [3.8, 4) is 28.5 Å². The SMILES string of the molecule is C[N+]([O-])(O)c1cc(S(=O)(=O)NC(=O)c2ccc(NCCNCc3ccccc3-c3ccc(Cl)cc3)cc2Oc2ccccc2)ccc1NCCOc1ccccn1. The lowest BCUT2D eigenvalue weighted by Gasteiger charge is -2.30. The second kappa shape index (κ2) is 18.8. The quantitative estimate of drug-likeness (QED) is 0.0325. The molecular formula is C42H41ClN6O7S. The van der Waals surface area contributed by atoms with Crippen LogP contribution in [0.2, 0.25) is 5.02 Å². The lowest BCUT2D eigenvalue weighted by Crippen LogP contribution is -2.35. The Hall–Kier alpha value is -6.00. The number of benzene rings is 5. The summed E-state index contributed by atoms with van der Waals surface area (Å²) in [6, 6.07) is 38.1. The van der Waals surface area contributed by atoms with Gasteiger partial charge in [0.05, 0.1) is 16.1 Å². The number of carbonyl (C=O) groups excluding carboxylic acids is 1. The molecule has 0 spiro atoms. The number of pyridine rings is 1. The number of nitrogens with zero attached hydrogens (tertiary/aromatic N) is 2. The standard InChI is InChI=1S/C42H41ClN6O7S/c1-49(51,52)39-28-35(19-21-38(39)46-25-26-55-41-13-7-8-22-47-41)57(53,54)48-42(50)37-20-18-33(27-40(37)56-34-10-3-2-4-11-34)45-24-23-44-29-31-9-5-6-12-36(31)30-14-16-32(43)17-15-30/h2-22,27-28,44-46,51H,23-26,29H2,1H3,(H,48,50). The first kappa shape index (κ1) is 40.7. The topological polar surface area (TPSA) is 174 Å². The fraction of sp³-hybridized carbons (Fsp3) is 0.143. The minimum atomic E-state index is -4.54. The molecule has 15 heteroatoms. The molecule has 0 radical (unpaired) electrons. The molecule has 5 N–H and O–H groups in total. The molecule has 0 fully saturated rings. The molecule has 1 aromatic heterocycles. The summed E-state index contributed by atoms with van der Waals surface area (Å²) in [6.45, 7) is 2.14. The van der Waals surface area contributed by atoms with Crippen LogP contribution < -0.4 is 35.0 Å². The van der Waals surface area contributed by atoms with Crippen molar-refractivity contribution in [1.82, 2.24) is 19.8 Å². The van der Waals surface area contributed by atoms with Crippen LogP contribution in [0.1, 0.15) is 15.9 Å². The molecule has 0 aliphatic carbocycles. The van der Waals surface area contributed by atoms with Gasteiger partial charge in [0.15, 0.2) is 5.69 Å². The van der Waals surface area contributed by atoms with Gasteiger partial charge in [-0.2, -0.15) is 4.81 Å². The minimum Gasteiger partial charge on any atom is -0.593 e. The van der Waals surface area contributed by atoms with Gasteiger partial charge in [-0.1, -0.05) is 72.3 Å². The smallest absolute Gasteiger partial charge is 0.268 e. The monoisotopic (exact) mass is 808 g/mol. The number of quaternary nitrogens is 1. The lowest BCUT2D eigenvalue weighted by atomic mass is 10.00. The molecule has 6 aromatic rings. The number of nitrogens with one attached hydrogen (secondary N) is 4. The van der Waals surface area contributed by atoms with Crippen molar-refractivity contribution < 1.29 is 27.9 Å². The normalized spacial score (nSPS) is 12.3. The molecule has 1 unspecified atom stereocenters. The zero-order valence-electron chi connectivity index (χ0n) is 30.9. The Bertz CT molecular complexity index is 2380. The molecule has 294 valence electrons. The highest BCUT2D eigenvalue weighted by Gasteiger charge is 2.26. The number of anilines is 2. The van der Waals surface area contributed by atoms with E-state index in [2.05, 4.69) is 37.8 Å². The third-order valence-electron chi connectivity index (χ3n) is 8.57. The maximum Gasteiger partial charge on any atom is 0.268 e. The molecule has 5 aromatic carbocycles. The van der Waals surface area contributed by atoms with E-state index >= 15 is 0 Å². The summed E-state index contributed by atoms with van der Waals surface area (Å²) >= 11 is 6.09. The lowest BCUT2D eigenvalue weighted by molar-refractivity contribution is -0.00401. The van der Waals surface area contributed by atoms with Gasteiger partial charge in [-0.15, -0.1) is 0 Å². The van der Waals surface area contributed by atoms with E-state index in [1.807, 2.05) is 42.5 Å². The Morgan fingerprint density at radius 1 is 0.842 bits per heavy atom. The fourth-order valence-electron chi connectivity index (χ4n) is 5.80. The molecule has 6 rings (SSSR count). The van der Waals surface area contributed by atoms with Gasteiger partial charge in [-0.25, -0.2) is 23.3 Å². The van der Waals surface area contributed by atoms with E-state index in [0.717, 1.165) is 29.8 Å². The third-order valence-corrected chi connectivity index (χ3v) is 10.2. The number of amides is 1. The van der Waals surface area contributed by atoms with E-state index in [-0.39, 0.29) is 35.8 Å².